The Morgan fingerprint density at radius 2 is 2.06 bits per heavy atom. The van der Waals surface area contributed by atoms with Crippen molar-refractivity contribution in [3.05, 3.63) is 34.9 Å². The number of benzene rings is 1. The van der Waals surface area contributed by atoms with Crippen LogP contribution >= 0.6 is 0 Å². The molecule has 2 heteroatoms. The Morgan fingerprint density at radius 3 is 2.61 bits per heavy atom. The lowest BCUT2D eigenvalue weighted by atomic mass is 9.98. The predicted octanol–water partition coefficient (Wildman–Crippen LogP) is 3.12. The summed E-state index contributed by atoms with van der Waals surface area (Å²) < 4.78 is 0. The molecular weight excluding hydrogens is 222 g/mol. The van der Waals surface area contributed by atoms with Crippen molar-refractivity contribution in [2.45, 2.75) is 46.1 Å². The Kier molecular flexibility index (Phi) is 4.08. The summed E-state index contributed by atoms with van der Waals surface area (Å²) in [5.41, 5.74) is 4.46. The molecule has 1 saturated carbocycles. The molecule has 0 bridgehead atoms. The standard InChI is InChI=1S/C16H25NO/c1-12-4-5-15(13(2)10-12)14(3)17-11-16(6-7-16)8-9-18/h4-5,10,14,17-18H,6-9,11H2,1-3H3. The van der Waals surface area contributed by atoms with Gasteiger partial charge in [-0.25, -0.2) is 0 Å². The highest BCUT2D eigenvalue weighted by molar-refractivity contribution is 5.32. The van der Waals surface area contributed by atoms with Gasteiger partial charge in [0.1, 0.15) is 0 Å². The van der Waals surface area contributed by atoms with E-state index in [0.29, 0.717) is 18.1 Å². The van der Waals surface area contributed by atoms with Crippen molar-refractivity contribution in [3.63, 3.8) is 0 Å². The van der Waals surface area contributed by atoms with E-state index < -0.39 is 0 Å². The van der Waals surface area contributed by atoms with Crippen LogP contribution in [0.1, 0.15) is 48.9 Å². The van der Waals surface area contributed by atoms with Crippen LogP contribution in [0, 0.1) is 19.3 Å². The third kappa shape index (κ3) is 3.12. The first-order valence-electron chi connectivity index (χ1n) is 6.98. The SMILES string of the molecule is Cc1ccc(C(C)NCC2(CCO)CC2)c(C)c1. The minimum Gasteiger partial charge on any atom is -0.396 e. The second-order valence-electron chi connectivity index (χ2n) is 5.94. The lowest BCUT2D eigenvalue weighted by Crippen LogP contribution is -2.27. The highest BCUT2D eigenvalue weighted by atomic mass is 16.3. The third-order valence-corrected chi connectivity index (χ3v) is 4.27. The van der Waals surface area contributed by atoms with Gasteiger partial charge in [-0.05, 0) is 56.6 Å². The highest BCUT2D eigenvalue weighted by Crippen LogP contribution is 2.48. The fourth-order valence-electron chi connectivity index (χ4n) is 2.72. The van der Waals surface area contributed by atoms with Gasteiger partial charge in [0.25, 0.3) is 0 Å². The van der Waals surface area contributed by atoms with Crippen LogP contribution < -0.4 is 5.32 Å². The van der Waals surface area contributed by atoms with Gasteiger partial charge >= 0.3 is 0 Å². The van der Waals surface area contributed by atoms with Crippen LogP contribution in [0.2, 0.25) is 0 Å². The van der Waals surface area contributed by atoms with E-state index in [9.17, 15) is 0 Å². The van der Waals surface area contributed by atoms with Crippen molar-refractivity contribution in [3.8, 4) is 0 Å². The average Bonchev–Trinajstić information content (AvgIpc) is 3.07. The number of aliphatic hydroxyl groups is 1. The average molecular weight is 247 g/mol. The Balaban J connectivity index is 1.93. The number of hydrogen-bond acceptors (Lipinski definition) is 2. The predicted molar refractivity (Wildman–Crippen MR) is 75.7 cm³/mol. The first-order valence-corrected chi connectivity index (χ1v) is 6.98. The molecule has 0 spiro atoms. The largest absolute Gasteiger partial charge is 0.396 e. The number of rotatable bonds is 6. The lowest BCUT2D eigenvalue weighted by Gasteiger charge is -2.21. The molecule has 0 aliphatic heterocycles. The zero-order chi connectivity index (χ0) is 13.2. The molecule has 2 nitrogen and oxygen atoms in total. The van der Waals surface area contributed by atoms with E-state index in [-0.39, 0.29) is 0 Å². The van der Waals surface area contributed by atoms with Gasteiger partial charge in [-0.15, -0.1) is 0 Å². The fraction of sp³-hybridized carbons (Fsp3) is 0.625. The molecule has 0 radical (unpaired) electrons. The quantitative estimate of drug-likeness (QED) is 0.809. The van der Waals surface area contributed by atoms with Crippen molar-refractivity contribution in [1.82, 2.24) is 5.32 Å². The van der Waals surface area contributed by atoms with Crippen LogP contribution in [0.5, 0.6) is 0 Å². The third-order valence-electron chi connectivity index (χ3n) is 4.27. The molecule has 1 aromatic carbocycles. The van der Waals surface area contributed by atoms with Crippen molar-refractivity contribution in [2.24, 2.45) is 5.41 Å². The Morgan fingerprint density at radius 1 is 1.33 bits per heavy atom. The second kappa shape index (κ2) is 5.41. The van der Waals surface area contributed by atoms with Gasteiger partial charge in [0.05, 0.1) is 0 Å². The lowest BCUT2D eigenvalue weighted by molar-refractivity contribution is 0.243. The topological polar surface area (TPSA) is 32.3 Å². The maximum atomic E-state index is 9.07. The molecule has 18 heavy (non-hydrogen) atoms. The van der Waals surface area contributed by atoms with Crippen LogP contribution in [0.3, 0.4) is 0 Å². The zero-order valence-electron chi connectivity index (χ0n) is 11.8. The molecular formula is C16H25NO. The monoisotopic (exact) mass is 247 g/mol. The fourth-order valence-corrected chi connectivity index (χ4v) is 2.72. The highest BCUT2D eigenvalue weighted by Gasteiger charge is 2.41. The van der Waals surface area contributed by atoms with E-state index in [0.717, 1.165) is 13.0 Å². The summed E-state index contributed by atoms with van der Waals surface area (Å²) in [4.78, 5) is 0. The first kappa shape index (κ1) is 13.6. The Labute approximate surface area is 110 Å². The van der Waals surface area contributed by atoms with Crippen LogP contribution in [0.15, 0.2) is 18.2 Å². The van der Waals surface area contributed by atoms with E-state index in [1.165, 1.54) is 29.5 Å². The summed E-state index contributed by atoms with van der Waals surface area (Å²) in [5, 5.41) is 12.7. The Hall–Kier alpha value is -0.860. The van der Waals surface area contributed by atoms with Gasteiger partial charge in [0, 0.05) is 19.2 Å². The van der Waals surface area contributed by atoms with Crippen LogP contribution in [0.4, 0.5) is 0 Å². The zero-order valence-corrected chi connectivity index (χ0v) is 11.8. The first-order chi connectivity index (χ1) is 8.56. The summed E-state index contributed by atoms with van der Waals surface area (Å²) >= 11 is 0. The summed E-state index contributed by atoms with van der Waals surface area (Å²) in [6.45, 7) is 7.89. The summed E-state index contributed by atoms with van der Waals surface area (Å²) in [6.07, 6.45) is 3.47. The van der Waals surface area contributed by atoms with Crippen LogP contribution in [0.25, 0.3) is 0 Å². The number of hydrogen-bond donors (Lipinski definition) is 2. The van der Waals surface area contributed by atoms with Gasteiger partial charge in [0.15, 0.2) is 0 Å². The van der Waals surface area contributed by atoms with Gasteiger partial charge in [-0.3, -0.25) is 0 Å². The molecule has 1 fully saturated rings. The number of nitrogens with one attached hydrogen (secondary N) is 1. The van der Waals surface area contributed by atoms with Crippen molar-refractivity contribution in [1.29, 1.82) is 0 Å². The van der Waals surface area contributed by atoms with Crippen molar-refractivity contribution in [2.75, 3.05) is 13.2 Å². The molecule has 1 atom stereocenters. The molecule has 1 aliphatic carbocycles. The van der Waals surface area contributed by atoms with Crippen LogP contribution in [-0.4, -0.2) is 18.3 Å². The maximum Gasteiger partial charge on any atom is 0.0436 e. The molecule has 100 valence electrons. The normalized spacial score (nSPS) is 18.7. The molecule has 1 aliphatic rings. The molecule has 2 N–H and O–H groups in total. The number of aryl methyl sites for hydroxylation is 2. The Bertz CT molecular complexity index is 410. The van der Waals surface area contributed by atoms with Gasteiger partial charge in [-0.1, -0.05) is 23.8 Å². The van der Waals surface area contributed by atoms with Gasteiger partial charge < -0.3 is 10.4 Å². The molecule has 1 aromatic rings. The van der Waals surface area contributed by atoms with E-state index in [1.54, 1.807) is 0 Å². The smallest absolute Gasteiger partial charge is 0.0436 e. The van der Waals surface area contributed by atoms with E-state index in [4.69, 9.17) is 5.11 Å². The number of aliphatic hydroxyl groups excluding tert-OH is 1. The van der Waals surface area contributed by atoms with Gasteiger partial charge in [-0.2, -0.15) is 0 Å². The summed E-state index contributed by atoms with van der Waals surface area (Å²) in [6, 6.07) is 7.05. The summed E-state index contributed by atoms with van der Waals surface area (Å²) in [7, 11) is 0. The van der Waals surface area contributed by atoms with Crippen LogP contribution in [-0.2, 0) is 0 Å². The molecule has 1 unspecified atom stereocenters. The van der Waals surface area contributed by atoms with Crippen molar-refractivity contribution >= 4 is 0 Å². The molecule has 0 heterocycles. The van der Waals surface area contributed by atoms with E-state index >= 15 is 0 Å². The molecule has 2 rings (SSSR count). The minimum absolute atomic E-state index is 0.319. The maximum absolute atomic E-state index is 9.07. The molecule has 0 saturated heterocycles. The molecule has 0 aromatic heterocycles. The van der Waals surface area contributed by atoms with Gasteiger partial charge in [0.2, 0.25) is 0 Å². The minimum atomic E-state index is 0.319. The summed E-state index contributed by atoms with van der Waals surface area (Å²) in [5.74, 6) is 0. The molecule has 0 amide bonds. The van der Waals surface area contributed by atoms with E-state index in [1.807, 2.05) is 0 Å². The van der Waals surface area contributed by atoms with E-state index in [2.05, 4.69) is 44.3 Å². The van der Waals surface area contributed by atoms with Crippen molar-refractivity contribution < 1.29 is 5.11 Å². The second-order valence-corrected chi connectivity index (χ2v) is 5.94.